The van der Waals surface area contributed by atoms with E-state index in [0.29, 0.717) is 6.54 Å². The molecular weight excluding hydrogens is 266 g/mol. The molecule has 0 bridgehead atoms. The first-order valence-corrected chi connectivity index (χ1v) is 7.39. The van der Waals surface area contributed by atoms with Crippen molar-refractivity contribution in [3.05, 3.63) is 29.8 Å². The zero-order chi connectivity index (χ0) is 15.4. The Morgan fingerprint density at radius 3 is 2.90 bits per heavy atom. The number of rotatable bonds is 5. The first-order chi connectivity index (χ1) is 10.1. The van der Waals surface area contributed by atoms with Gasteiger partial charge in [0, 0.05) is 26.7 Å². The van der Waals surface area contributed by atoms with Crippen molar-refractivity contribution in [2.24, 2.45) is 5.73 Å². The van der Waals surface area contributed by atoms with Crippen LogP contribution in [0.5, 0.6) is 5.75 Å². The lowest BCUT2D eigenvalue weighted by Gasteiger charge is -2.33. The van der Waals surface area contributed by atoms with Gasteiger partial charge in [-0.15, -0.1) is 0 Å². The van der Waals surface area contributed by atoms with Crippen molar-refractivity contribution >= 4 is 5.91 Å². The van der Waals surface area contributed by atoms with E-state index in [9.17, 15) is 4.79 Å². The highest BCUT2D eigenvalue weighted by Gasteiger charge is 2.36. The molecular formula is C16H25N3O2. The first-order valence-electron chi connectivity index (χ1n) is 7.39. The molecule has 0 saturated carbocycles. The third kappa shape index (κ3) is 3.36. The van der Waals surface area contributed by atoms with E-state index in [-0.39, 0.29) is 18.0 Å². The summed E-state index contributed by atoms with van der Waals surface area (Å²) in [6, 6.07) is 7.93. The zero-order valence-corrected chi connectivity index (χ0v) is 13.1. The lowest BCUT2D eigenvalue weighted by molar-refractivity contribution is -0.134. The number of carbonyl (C=O) groups excluding carboxylic acids is 1. The molecule has 1 aliphatic heterocycles. The molecule has 1 fully saturated rings. The van der Waals surface area contributed by atoms with Gasteiger partial charge in [-0.3, -0.25) is 9.69 Å². The molecule has 0 spiro atoms. The third-order valence-corrected chi connectivity index (χ3v) is 4.12. The minimum absolute atomic E-state index is 0.0523. The average Bonchev–Trinajstić information content (AvgIpc) is 2.96. The molecule has 1 amide bonds. The summed E-state index contributed by atoms with van der Waals surface area (Å²) in [6.45, 7) is 1.40. The molecule has 0 radical (unpaired) electrons. The van der Waals surface area contributed by atoms with E-state index in [1.807, 2.05) is 32.3 Å². The van der Waals surface area contributed by atoms with Crippen LogP contribution in [0.3, 0.4) is 0 Å². The van der Waals surface area contributed by atoms with Crippen LogP contribution in [0.2, 0.25) is 0 Å². The Morgan fingerprint density at radius 1 is 1.52 bits per heavy atom. The van der Waals surface area contributed by atoms with E-state index in [2.05, 4.69) is 11.0 Å². The molecule has 2 unspecified atom stereocenters. The van der Waals surface area contributed by atoms with E-state index >= 15 is 0 Å². The Kier molecular flexibility index (Phi) is 5.20. The second-order valence-electron chi connectivity index (χ2n) is 5.66. The van der Waals surface area contributed by atoms with Gasteiger partial charge in [-0.25, -0.2) is 0 Å². The number of amides is 1. The molecule has 2 atom stereocenters. The van der Waals surface area contributed by atoms with Crippen molar-refractivity contribution in [3.63, 3.8) is 0 Å². The van der Waals surface area contributed by atoms with Gasteiger partial charge in [0.1, 0.15) is 5.75 Å². The number of carbonyl (C=O) groups is 1. The fourth-order valence-electron chi connectivity index (χ4n) is 3.04. The average molecular weight is 291 g/mol. The van der Waals surface area contributed by atoms with Gasteiger partial charge in [0.2, 0.25) is 5.91 Å². The van der Waals surface area contributed by atoms with Crippen LogP contribution in [0.1, 0.15) is 24.4 Å². The molecule has 0 aromatic heterocycles. The molecule has 116 valence electrons. The highest BCUT2D eigenvalue weighted by atomic mass is 16.5. The zero-order valence-electron chi connectivity index (χ0n) is 13.1. The SMILES string of the molecule is COc1cccc(C(CN)N2CCCC2C(=O)N(C)C)c1. The van der Waals surface area contributed by atoms with Crippen molar-refractivity contribution < 1.29 is 9.53 Å². The van der Waals surface area contributed by atoms with Crippen LogP contribution in [0.4, 0.5) is 0 Å². The van der Waals surface area contributed by atoms with Gasteiger partial charge in [0.25, 0.3) is 0 Å². The maximum atomic E-state index is 12.3. The van der Waals surface area contributed by atoms with Gasteiger partial charge in [-0.1, -0.05) is 12.1 Å². The maximum Gasteiger partial charge on any atom is 0.239 e. The van der Waals surface area contributed by atoms with Crippen LogP contribution < -0.4 is 10.5 Å². The highest BCUT2D eigenvalue weighted by Crippen LogP contribution is 2.31. The molecule has 1 aromatic carbocycles. The Labute approximate surface area is 126 Å². The molecule has 21 heavy (non-hydrogen) atoms. The Morgan fingerprint density at radius 2 is 2.29 bits per heavy atom. The van der Waals surface area contributed by atoms with Gasteiger partial charge in [0.15, 0.2) is 0 Å². The molecule has 5 nitrogen and oxygen atoms in total. The molecule has 5 heteroatoms. The third-order valence-electron chi connectivity index (χ3n) is 4.12. The normalized spacial score (nSPS) is 20.3. The van der Waals surface area contributed by atoms with E-state index in [0.717, 1.165) is 30.7 Å². The fourth-order valence-corrected chi connectivity index (χ4v) is 3.04. The lowest BCUT2D eigenvalue weighted by Crippen LogP contribution is -2.46. The predicted molar refractivity (Wildman–Crippen MR) is 83.2 cm³/mol. The summed E-state index contributed by atoms with van der Waals surface area (Å²) in [5.41, 5.74) is 7.11. The summed E-state index contributed by atoms with van der Waals surface area (Å²) >= 11 is 0. The number of ether oxygens (including phenoxy) is 1. The number of hydrogen-bond acceptors (Lipinski definition) is 4. The second kappa shape index (κ2) is 6.91. The van der Waals surface area contributed by atoms with Crippen molar-refractivity contribution in [1.82, 2.24) is 9.80 Å². The highest BCUT2D eigenvalue weighted by molar-refractivity contribution is 5.81. The predicted octanol–water partition coefficient (Wildman–Crippen LogP) is 1.25. The summed E-state index contributed by atoms with van der Waals surface area (Å²) in [5.74, 6) is 0.981. The topological polar surface area (TPSA) is 58.8 Å². The van der Waals surface area contributed by atoms with Crippen LogP contribution >= 0.6 is 0 Å². The summed E-state index contributed by atoms with van der Waals surface area (Å²) < 4.78 is 5.29. The van der Waals surface area contributed by atoms with Gasteiger partial charge in [-0.2, -0.15) is 0 Å². The summed E-state index contributed by atoms with van der Waals surface area (Å²) in [4.78, 5) is 16.3. The standard InChI is InChI=1S/C16H25N3O2/c1-18(2)16(20)14-8-5-9-19(14)15(11-17)12-6-4-7-13(10-12)21-3/h4,6-7,10,14-15H,5,8-9,11,17H2,1-3H3. The summed E-state index contributed by atoms with van der Waals surface area (Å²) in [6.07, 6.45) is 1.93. The van der Waals surface area contributed by atoms with Gasteiger partial charge in [0.05, 0.1) is 13.2 Å². The van der Waals surface area contributed by atoms with Gasteiger partial charge >= 0.3 is 0 Å². The van der Waals surface area contributed by atoms with Crippen LogP contribution in [-0.4, -0.2) is 56.0 Å². The molecule has 1 saturated heterocycles. The molecule has 2 N–H and O–H groups in total. The molecule has 1 aromatic rings. The number of likely N-dealkylation sites (tertiary alicyclic amines) is 1. The maximum absolute atomic E-state index is 12.3. The van der Waals surface area contributed by atoms with Crippen LogP contribution in [-0.2, 0) is 4.79 Å². The summed E-state index contributed by atoms with van der Waals surface area (Å²) in [7, 11) is 5.27. The van der Waals surface area contributed by atoms with E-state index in [4.69, 9.17) is 10.5 Å². The van der Waals surface area contributed by atoms with Crippen molar-refractivity contribution in [1.29, 1.82) is 0 Å². The van der Waals surface area contributed by atoms with E-state index in [1.54, 1.807) is 12.0 Å². The monoisotopic (exact) mass is 291 g/mol. The van der Waals surface area contributed by atoms with Crippen LogP contribution in [0, 0.1) is 0 Å². The van der Waals surface area contributed by atoms with Crippen molar-refractivity contribution in [3.8, 4) is 5.75 Å². The van der Waals surface area contributed by atoms with Crippen molar-refractivity contribution in [2.45, 2.75) is 24.9 Å². The largest absolute Gasteiger partial charge is 0.497 e. The Hall–Kier alpha value is -1.59. The van der Waals surface area contributed by atoms with Crippen LogP contribution in [0.15, 0.2) is 24.3 Å². The number of likely N-dealkylation sites (N-methyl/N-ethyl adjacent to an activating group) is 1. The number of methoxy groups -OCH3 is 1. The number of benzene rings is 1. The first kappa shape index (κ1) is 15.8. The minimum atomic E-state index is -0.0697. The molecule has 0 aliphatic carbocycles. The van der Waals surface area contributed by atoms with Gasteiger partial charge in [-0.05, 0) is 37.1 Å². The van der Waals surface area contributed by atoms with Crippen molar-refractivity contribution in [2.75, 3.05) is 34.3 Å². The number of nitrogens with two attached hydrogens (primary N) is 1. The smallest absolute Gasteiger partial charge is 0.239 e. The number of hydrogen-bond donors (Lipinski definition) is 1. The van der Waals surface area contributed by atoms with E-state index < -0.39 is 0 Å². The number of nitrogens with zero attached hydrogens (tertiary/aromatic N) is 2. The molecule has 1 heterocycles. The van der Waals surface area contributed by atoms with Gasteiger partial charge < -0.3 is 15.4 Å². The Bertz CT molecular complexity index is 490. The fraction of sp³-hybridized carbons (Fsp3) is 0.562. The minimum Gasteiger partial charge on any atom is -0.497 e. The van der Waals surface area contributed by atoms with Crippen LogP contribution in [0.25, 0.3) is 0 Å². The lowest BCUT2D eigenvalue weighted by atomic mass is 10.0. The summed E-state index contributed by atoms with van der Waals surface area (Å²) in [5, 5.41) is 0. The second-order valence-corrected chi connectivity index (χ2v) is 5.66. The van der Waals surface area contributed by atoms with E-state index in [1.165, 1.54) is 0 Å². The quantitative estimate of drug-likeness (QED) is 0.887. The molecule has 1 aliphatic rings. The molecule has 2 rings (SSSR count). The Balaban J connectivity index is 2.25.